The number of nitrogens with one attached hydrogen (secondary N) is 1. The molecule has 2 unspecified atom stereocenters. The monoisotopic (exact) mass is 317 g/mol. The van der Waals surface area contributed by atoms with Crippen molar-refractivity contribution in [3.05, 3.63) is 28.7 Å². The first-order valence-corrected chi connectivity index (χ1v) is 8.12. The molecule has 1 aromatic carbocycles. The summed E-state index contributed by atoms with van der Waals surface area (Å²) in [5.41, 5.74) is 0. The number of rotatable bonds is 7. The molecule has 1 N–H and O–H groups in total. The fourth-order valence-corrected chi connectivity index (χ4v) is 3.04. The summed E-state index contributed by atoms with van der Waals surface area (Å²) in [6.45, 7) is 5.28. The topological polar surface area (TPSA) is 29.1 Å². The van der Waals surface area contributed by atoms with Crippen molar-refractivity contribution in [1.29, 1.82) is 0 Å². The summed E-state index contributed by atoms with van der Waals surface area (Å²) in [6, 6.07) is 8.24. The zero-order valence-electron chi connectivity index (χ0n) is 10.4. The van der Waals surface area contributed by atoms with E-state index in [1.165, 1.54) is 0 Å². The fourth-order valence-electron chi connectivity index (χ4n) is 1.68. The van der Waals surface area contributed by atoms with Gasteiger partial charge in [-0.05, 0) is 50.6 Å². The molecule has 96 valence electrons. The maximum atomic E-state index is 12.0. The first-order chi connectivity index (χ1) is 8.13. The van der Waals surface area contributed by atoms with E-state index in [0.717, 1.165) is 34.5 Å². The largest absolute Gasteiger partial charge is 0.315 e. The lowest BCUT2D eigenvalue weighted by molar-refractivity contribution is 0.525. The fraction of sp³-hybridized carbons (Fsp3) is 0.538. The summed E-state index contributed by atoms with van der Waals surface area (Å²) in [6.07, 6.45) is 2.08. The van der Waals surface area contributed by atoms with Crippen LogP contribution in [0.4, 0.5) is 0 Å². The van der Waals surface area contributed by atoms with Gasteiger partial charge in [-0.1, -0.05) is 22.9 Å². The second-order valence-corrected chi connectivity index (χ2v) is 6.59. The molecule has 0 aliphatic heterocycles. The summed E-state index contributed by atoms with van der Waals surface area (Å²) >= 11 is 3.38. The molecule has 0 fully saturated rings. The van der Waals surface area contributed by atoms with Gasteiger partial charge in [-0.2, -0.15) is 0 Å². The molecule has 0 amide bonds. The Bertz CT molecular complexity index is 353. The molecule has 0 aromatic heterocycles. The van der Waals surface area contributed by atoms with Gasteiger partial charge in [-0.3, -0.25) is 4.21 Å². The Morgan fingerprint density at radius 3 is 2.59 bits per heavy atom. The molecular weight excluding hydrogens is 298 g/mol. The Morgan fingerprint density at radius 1 is 1.35 bits per heavy atom. The van der Waals surface area contributed by atoms with E-state index >= 15 is 0 Å². The lowest BCUT2D eigenvalue weighted by Gasteiger charge is -2.11. The summed E-state index contributed by atoms with van der Waals surface area (Å²) in [5.74, 6) is 0.747. The molecular formula is C13H20BrNOS. The molecule has 0 saturated heterocycles. The van der Waals surface area contributed by atoms with Gasteiger partial charge in [0.25, 0.3) is 0 Å². The van der Waals surface area contributed by atoms with E-state index in [1.807, 2.05) is 24.3 Å². The lowest BCUT2D eigenvalue weighted by Crippen LogP contribution is -2.25. The Labute approximate surface area is 115 Å². The normalized spacial score (nSPS) is 14.5. The van der Waals surface area contributed by atoms with E-state index in [-0.39, 0.29) is 0 Å². The van der Waals surface area contributed by atoms with E-state index < -0.39 is 10.8 Å². The van der Waals surface area contributed by atoms with Crippen LogP contribution in [0.25, 0.3) is 0 Å². The number of benzene rings is 1. The van der Waals surface area contributed by atoms with E-state index in [9.17, 15) is 4.21 Å². The highest BCUT2D eigenvalue weighted by atomic mass is 79.9. The van der Waals surface area contributed by atoms with Crippen LogP contribution < -0.4 is 5.32 Å². The van der Waals surface area contributed by atoms with Crippen molar-refractivity contribution < 1.29 is 4.21 Å². The Morgan fingerprint density at radius 2 is 2.00 bits per heavy atom. The number of hydrogen-bond acceptors (Lipinski definition) is 2. The van der Waals surface area contributed by atoms with Crippen molar-refractivity contribution in [3.8, 4) is 0 Å². The van der Waals surface area contributed by atoms with Crippen molar-refractivity contribution in [2.75, 3.05) is 12.3 Å². The summed E-state index contributed by atoms with van der Waals surface area (Å²) < 4.78 is 13.0. The second-order valence-electron chi connectivity index (χ2n) is 4.10. The maximum Gasteiger partial charge on any atom is 0.0529 e. The number of hydrogen-bond donors (Lipinski definition) is 1. The standard InChI is InChI=1S/C13H20BrNOS/c1-3-15-11(2)5-4-10-17(16)13-8-6-12(14)7-9-13/h6-9,11,15H,3-5,10H2,1-2H3. The molecule has 0 aliphatic rings. The molecule has 0 spiro atoms. The van der Waals surface area contributed by atoms with Crippen LogP contribution in [-0.4, -0.2) is 22.5 Å². The van der Waals surface area contributed by atoms with Gasteiger partial charge in [-0.15, -0.1) is 0 Å². The van der Waals surface area contributed by atoms with Crippen LogP contribution in [0, 0.1) is 0 Å². The van der Waals surface area contributed by atoms with Crippen LogP contribution in [0.5, 0.6) is 0 Å². The highest BCUT2D eigenvalue weighted by molar-refractivity contribution is 9.10. The summed E-state index contributed by atoms with van der Waals surface area (Å²) in [5, 5.41) is 3.36. The highest BCUT2D eigenvalue weighted by Gasteiger charge is 2.05. The first kappa shape index (κ1) is 14.9. The van der Waals surface area contributed by atoms with Crippen LogP contribution >= 0.6 is 15.9 Å². The Kier molecular flexibility index (Phi) is 7.00. The van der Waals surface area contributed by atoms with Gasteiger partial charge in [0.05, 0.1) is 10.8 Å². The Balaban J connectivity index is 2.32. The predicted molar refractivity (Wildman–Crippen MR) is 77.8 cm³/mol. The third-order valence-electron chi connectivity index (χ3n) is 2.60. The molecule has 0 bridgehead atoms. The molecule has 2 atom stereocenters. The molecule has 0 aliphatic carbocycles. The van der Waals surface area contributed by atoms with E-state index in [0.29, 0.717) is 6.04 Å². The molecule has 1 rings (SSSR count). The third kappa shape index (κ3) is 5.80. The minimum Gasteiger partial charge on any atom is -0.315 e. The molecule has 1 aromatic rings. The smallest absolute Gasteiger partial charge is 0.0529 e. The van der Waals surface area contributed by atoms with Gasteiger partial charge >= 0.3 is 0 Å². The zero-order valence-corrected chi connectivity index (χ0v) is 12.8. The van der Waals surface area contributed by atoms with E-state index in [4.69, 9.17) is 0 Å². The van der Waals surface area contributed by atoms with E-state index in [1.54, 1.807) is 0 Å². The van der Waals surface area contributed by atoms with Gasteiger partial charge in [0, 0.05) is 21.2 Å². The average molecular weight is 318 g/mol. The van der Waals surface area contributed by atoms with Crippen LogP contribution in [0.3, 0.4) is 0 Å². The van der Waals surface area contributed by atoms with Crippen LogP contribution in [0.2, 0.25) is 0 Å². The molecule has 0 heterocycles. The number of halogens is 1. The molecule has 0 saturated carbocycles. The summed E-state index contributed by atoms with van der Waals surface area (Å²) in [4.78, 5) is 0.921. The predicted octanol–water partition coefficient (Wildman–Crippen LogP) is 3.33. The minimum atomic E-state index is -0.861. The first-order valence-electron chi connectivity index (χ1n) is 6.00. The molecule has 2 nitrogen and oxygen atoms in total. The van der Waals surface area contributed by atoms with Gasteiger partial charge < -0.3 is 5.32 Å². The van der Waals surface area contributed by atoms with Crippen molar-refractivity contribution in [2.24, 2.45) is 0 Å². The van der Waals surface area contributed by atoms with Gasteiger partial charge in [-0.25, -0.2) is 0 Å². The van der Waals surface area contributed by atoms with Crippen molar-refractivity contribution >= 4 is 26.7 Å². The van der Waals surface area contributed by atoms with Crippen LogP contribution in [0.15, 0.2) is 33.6 Å². The molecule has 4 heteroatoms. The van der Waals surface area contributed by atoms with Crippen molar-refractivity contribution in [3.63, 3.8) is 0 Å². The van der Waals surface area contributed by atoms with Gasteiger partial charge in [0.1, 0.15) is 0 Å². The molecule has 17 heavy (non-hydrogen) atoms. The Hall–Kier alpha value is -0.190. The highest BCUT2D eigenvalue weighted by Crippen LogP contribution is 2.14. The van der Waals surface area contributed by atoms with E-state index in [2.05, 4.69) is 35.1 Å². The summed E-state index contributed by atoms with van der Waals surface area (Å²) in [7, 11) is -0.861. The van der Waals surface area contributed by atoms with Crippen molar-refractivity contribution in [2.45, 2.75) is 37.6 Å². The quantitative estimate of drug-likeness (QED) is 0.835. The zero-order chi connectivity index (χ0) is 12.7. The van der Waals surface area contributed by atoms with Gasteiger partial charge in [0.15, 0.2) is 0 Å². The maximum absolute atomic E-state index is 12.0. The van der Waals surface area contributed by atoms with Gasteiger partial charge in [0.2, 0.25) is 0 Å². The van der Waals surface area contributed by atoms with Crippen molar-refractivity contribution in [1.82, 2.24) is 5.32 Å². The van der Waals surface area contributed by atoms with Crippen LogP contribution in [0.1, 0.15) is 26.7 Å². The lowest BCUT2D eigenvalue weighted by atomic mass is 10.2. The second kappa shape index (κ2) is 8.01. The minimum absolute atomic E-state index is 0.516. The van der Waals surface area contributed by atoms with Crippen LogP contribution in [-0.2, 0) is 10.8 Å². The third-order valence-corrected chi connectivity index (χ3v) is 4.58. The SMILES string of the molecule is CCNC(C)CCCS(=O)c1ccc(Br)cc1. The molecule has 0 radical (unpaired) electrons. The average Bonchev–Trinajstić information content (AvgIpc) is 2.30.